The summed E-state index contributed by atoms with van der Waals surface area (Å²) < 4.78 is 56.4. The predicted octanol–water partition coefficient (Wildman–Crippen LogP) is 6.85. The molecule has 0 radical (unpaired) electrons. The van der Waals surface area contributed by atoms with E-state index in [1.807, 2.05) is 18.2 Å². The average Bonchev–Trinajstić information content (AvgIpc) is 3.31. The largest absolute Gasteiger partial charge is 0.573 e. The number of phenols is 1. The lowest BCUT2D eigenvalue weighted by Gasteiger charge is -2.33. The van der Waals surface area contributed by atoms with Gasteiger partial charge in [0.15, 0.2) is 0 Å². The number of benzene rings is 5. The van der Waals surface area contributed by atoms with E-state index in [0.717, 1.165) is 38.5 Å². The number of aromatic nitrogens is 1. The lowest BCUT2D eigenvalue weighted by molar-refractivity contribution is -0.274. The van der Waals surface area contributed by atoms with E-state index in [9.17, 15) is 42.9 Å². The van der Waals surface area contributed by atoms with Crippen molar-refractivity contribution in [3.05, 3.63) is 171 Å². The molecule has 66 heavy (non-hydrogen) atoms. The number of amides is 1. The Morgan fingerprint density at radius 3 is 2.33 bits per heavy atom. The number of pyridine rings is 1. The highest BCUT2D eigenvalue weighted by molar-refractivity contribution is 5.94. The zero-order chi connectivity index (χ0) is 46.7. The van der Waals surface area contributed by atoms with E-state index in [4.69, 9.17) is 9.47 Å². The van der Waals surface area contributed by atoms with Crippen LogP contribution in [0.2, 0.25) is 0 Å². The molecule has 13 nitrogen and oxygen atoms in total. The molecule has 1 aliphatic rings. The number of carbonyl (C=O) groups is 2. The van der Waals surface area contributed by atoms with Crippen LogP contribution >= 0.6 is 0 Å². The first-order valence-corrected chi connectivity index (χ1v) is 21.6. The molecule has 2 unspecified atom stereocenters. The number of nitrogens with zero attached hydrogens (tertiary/aromatic N) is 1. The van der Waals surface area contributed by atoms with Crippen LogP contribution in [0.25, 0.3) is 10.9 Å². The second-order valence-corrected chi connectivity index (χ2v) is 16.2. The number of fused-ring (bicyclic) bond motifs is 1. The molecule has 6 N–H and O–H groups in total. The van der Waals surface area contributed by atoms with Crippen LogP contribution in [-0.2, 0) is 28.2 Å². The third-order valence-electron chi connectivity index (χ3n) is 11.5. The number of piperidine rings is 1. The Hall–Kier alpha value is -6.72. The first kappa shape index (κ1) is 47.2. The van der Waals surface area contributed by atoms with Crippen molar-refractivity contribution in [2.24, 2.45) is 5.92 Å². The minimum absolute atomic E-state index is 0.0643. The normalized spacial score (nSPS) is 14.9. The second kappa shape index (κ2) is 21.5. The maximum absolute atomic E-state index is 13.8. The van der Waals surface area contributed by atoms with Crippen LogP contribution in [0, 0.1) is 5.92 Å². The summed E-state index contributed by atoms with van der Waals surface area (Å²) in [7, 11) is 0. The van der Waals surface area contributed by atoms with Gasteiger partial charge in [-0.15, -0.1) is 13.2 Å². The van der Waals surface area contributed by atoms with Crippen LogP contribution in [0.1, 0.15) is 63.5 Å². The second-order valence-electron chi connectivity index (χ2n) is 16.2. The third-order valence-corrected chi connectivity index (χ3v) is 11.5. The number of H-pyrrole nitrogens is 1. The van der Waals surface area contributed by atoms with Crippen molar-refractivity contribution in [1.82, 2.24) is 20.5 Å². The Morgan fingerprint density at radius 2 is 1.59 bits per heavy atom. The number of phenolic OH excluding ortho intramolecular Hbond substituents is 1. The number of likely N-dealkylation sites (tertiary alicyclic amines) is 1. The fourth-order valence-corrected chi connectivity index (χ4v) is 7.97. The van der Waals surface area contributed by atoms with Crippen molar-refractivity contribution in [3.8, 4) is 17.2 Å². The lowest BCUT2D eigenvalue weighted by atomic mass is 9.86. The smallest absolute Gasteiger partial charge is 0.506 e. The molecule has 16 heteroatoms. The molecular formula is C50H51F3N4O9. The van der Waals surface area contributed by atoms with Crippen molar-refractivity contribution in [3.63, 3.8) is 0 Å². The molecule has 1 saturated heterocycles. The summed E-state index contributed by atoms with van der Waals surface area (Å²) in [5.74, 6) is -1.74. The Balaban J connectivity index is 0.909. The summed E-state index contributed by atoms with van der Waals surface area (Å²) in [6.45, 7) is 2.69. The van der Waals surface area contributed by atoms with E-state index in [0.29, 0.717) is 28.7 Å². The highest BCUT2D eigenvalue weighted by atomic mass is 19.4. The van der Waals surface area contributed by atoms with E-state index in [2.05, 4.69) is 37.4 Å². The standard InChI is InChI=1S/C50H51F3N4O9/c51-50(52,53)66-44-27-35(15-16-36(44)29-54-30-43(59)40-17-19-42(58)46-41(40)18-20-45(60)56-46)47(61)55-23-8-26-64-39-14-7-13-38(28-39)49(63,37-11-5-2-6-12-37)48(62)65-32-34-21-24-57(25-22-34)31-33-9-3-1-4-10-33/h1-7,9-20,27-28,34,43,54,58-59,63H,8,21-26,29-32H2,(H,55,61)(H,56,60). The molecule has 2 atom stereocenters. The topological polar surface area (TPSA) is 183 Å². The van der Waals surface area contributed by atoms with E-state index >= 15 is 0 Å². The zero-order valence-electron chi connectivity index (χ0n) is 35.9. The summed E-state index contributed by atoms with van der Waals surface area (Å²) in [5.41, 5.74) is -0.262. The van der Waals surface area contributed by atoms with Crippen molar-refractivity contribution >= 4 is 22.8 Å². The Morgan fingerprint density at radius 1 is 0.864 bits per heavy atom. The minimum atomic E-state index is -5.06. The summed E-state index contributed by atoms with van der Waals surface area (Å²) in [5, 5.41) is 39.1. The summed E-state index contributed by atoms with van der Waals surface area (Å²) >= 11 is 0. The Bertz CT molecular complexity index is 2640. The molecule has 1 amide bonds. The van der Waals surface area contributed by atoms with Gasteiger partial charge in [0.1, 0.15) is 17.2 Å². The SMILES string of the molecule is O=C(NCCCOc1cccc(C(O)(C(=O)OCC2CCN(Cc3ccccc3)CC2)c2ccccc2)c1)c1ccc(CNCC(O)c2ccc(O)c3[nH]c(=O)ccc23)c(OC(F)(F)F)c1. The third kappa shape index (κ3) is 12.1. The highest BCUT2D eigenvalue weighted by Crippen LogP contribution is 2.35. The van der Waals surface area contributed by atoms with Gasteiger partial charge in [-0.1, -0.05) is 84.9 Å². The van der Waals surface area contributed by atoms with Gasteiger partial charge in [0.2, 0.25) is 11.2 Å². The van der Waals surface area contributed by atoms with E-state index in [-0.39, 0.29) is 66.7 Å². The highest BCUT2D eigenvalue weighted by Gasteiger charge is 2.42. The maximum atomic E-state index is 13.8. The van der Waals surface area contributed by atoms with Crippen LogP contribution in [0.5, 0.6) is 17.2 Å². The van der Waals surface area contributed by atoms with Gasteiger partial charge in [-0.2, -0.15) is 0 Å². The molecule has 1 fully saturated rings. The number of halogens is 3. The summed E-state index contributed by atoms with van der Waals surface area (Å²) in [4.78, 5) is 43.5. The van der Waals surface area contributed by atoms with E-state index in [1.54, 1.807) is 54.6 Å². The quantitative estimate of drug-likeness (QED) is 0.0370. The number of esters is 1. The molecule has 0 aliphatic carbocycles. The minimum Gasteiger partial charge on any atom is -0.506 e. The van der Waals surface area contributed by atoms with Gasteiger partial charge in [-0.3, -0.25) is 14.5 Å². The molecule has 0 spiro atoms. The van der Waals surface area contributed by atoms with Gasteiger partial charge in [0, 0.05) is 54.3 Å². The number of aromatic amines is 1. The predicted molar refractivity (Wildman–Crippen MR) is 240 cm³/mol. The molecule has 0 bridgehead atoms. The number of nitrogens with one attached hydrogen (secondary N) is 3. The molecule has 1 aromatic heterocycles. The number of hydrogen-bond acceptors (Lipinski definition) is 11. The first-order valence-electron chi connectivity index (χ1n) is 21.6. The van der Waals surface area contributed by atoms with Gasteiger partial charge >= 0.3 is 12.3 Å². The van der Waals surface area contributed by atoms with Crippen molar-refractivity contribution in [1.29, 1.82) is 0 Å². The van der Waals surface area contributed by atoms with Gasteiger partial charge in [-0.05, 0) is 91.4 Å². The van der Waals surface area contributed by atoms with Crippen molar-refractivity contribution < 1.29 is 52.3 Å². The van der Waals surface area contributed by atoms with E-state index < -0.39 is 41.3 Å². The van der Waals surface area contributed by atoms with Gasteiger partial charge in [0.25, 0.3) is 5.91 Å². The van der Waals surface area contributed by atoms with Crippen LogP contribution in [-0.4, -0.2) is 82.8 Å². The number of aromatic hydroxyl groups is 1. The summed E-state index contributed by atoms with van der Waals surface area (Å²) in [6.07, 6.45) is -4.22. The van der Waals surface area contributed by atoms with Crippen LogP contribution in [0.4, 0.5) is 13.2 Å². The van der Waals surface area contributed by atoms with Crippen LogP contribution in [0.15, 0.2) is 132 Å². The fraction of sp³-hybridized carbons (Fsp3) is 0.300. The first-order chi connectivity index (χ1) is 31.8. The Kier molecular flexibility index (Phi) is 15.4. The fourth-order valence-electron chi connectivity index (χ4n) is 7.97. The van der Waals surface area contributed by atoms with Crippen molar-refractivity contribution in [2.45, 2.75) is 50.4 Å². The average molecular weight is 909 g/mol. The number of alkyl halides is 3. The van der Waals surface area contributed by atoms with Crippen LogP contribution in [0.3, 0.4) is 0 Å². The molecular weight excluding hydrogens is 858 g/mol. The van der Waals surface area contributed by atoms with E-state index in [1.165, 1.54) is 42.0 Å². The zero-order valence-corrected chi connectivity index (χ0v) is 35.9. The molecule has 0 saturated carbocycles. The van der Waals surface area contributed by atoms with Crippen molar-refractivity contribution in [2.75, 3.05) is 39.4 Å². The van der Waals surface area contributed by atoms with Gasteiger partial charge in [-0.25, -0.2) is 4.79 Å². The lowest BCUT2D eigenvalue weighted by Crippen LogP contribution is -2.40. The number of aliphatic hydroxyl groups is 2. The number of ether oxygens (including phenoxy) is 3. The molecule has 1 aliphatic heterocycles. The number of aliphatic hydroxyl groups excluding tert-OH is 1. The van der Waals surface area contributed by atoms with Gasteiger partial charge < -0.3 is 45.1 Å². The molecule has 2 heterocycles. The molecule has 5 aromatic carbocycles. The molecule has 7 rings (SSSR count). The molecule has 6 aromatic rings. The number of hydrogen-bond donors (Lipinski definition) is 6. The number of rotatable bonds is 19. The monoisotopic (exact) mass is 908 g/mol. The maximum Gasteiger partial charge on any atom is 0.573 e. The number of carbonyl (C=O) groups excluding carboxylic acids is 2. The van der Waals surface area contributed by atoms with Crippen LogP contribution < -0.4 is 25.7 Å². The summed E-state index contributed by atoms with van der Waals surface area (Å²) in [6, 6.07) is 34.4. The van der Waals surface area contributed by atoms with Gasteiger partial charge in [0.05, 0.1) is 24.8 Å². The molecule has 346 valence electrons. The Labute approximate surface area is 378 Å².